The molecule has 162 valence electrons. The summed E-state index contributed by atoms with van der Waals surface area (Å²) in [7, 11) is -1.96. The Bertz CT molecular complexity index is 1260. The van der Waals surface area contributed by atoms with Gasteiger partial charge in [-0.2, -0.15) is 17.5 Å². The zero-order valence-corrected chi connectivity index (χ0v) is 17.1. The molecule has 0 radical (unpaired) electrons. The molecule has 0 saturated carbocycles. The smallest absolute Gasteiger partial charge is 0.289 e. The quantitative estimate of drug-likeness (QED) is 0.657. The monoisotopic (exact) mass is 450 g/mol. The van der Waals surface area contributed by atoms with E-state index in [1.165, 1.54) is 11.7 Å². The highest BCUT2D eigenvalue weighted by Crippen LogP contribution is 2.41. The normalized spacial score (nSPS) is 18.3. The number of aromatic nitrogens is 4. The Labute approximate surface area is 175 Å². The van der Waals surface area contributed by atoms with Crippen molar-refractivity contribution in [3.8, 4) is 0 Å². The lowest BCUT2D eigenvalue weighted by Crippen LogP contribution is -2.26. The number of alkyl halides is 3. The molecule has 1 aliphatic rings. The lowest BCUT2D eigenvalue weighted by atomic mass is 9.98. The minimum Gasteiger partial charge on any atom is -0.289 e. The van der Waals surface area contributed by atoms with Gasteiger partial charge in [-0.25, -0.2) is 8.89 Å². The fourth-order valence-corrected chi connectivity index (χ4v) is 5.99. The molecule has 1 aromatic heterocycles. The van der Waals surface area contributed by atoms with Gasteiger partial charge in [-0.05, 0) is 53.1 Å². The number of carbonyl (C=O) groups is 1. The summed E-state index contributed by atoms with van der Waals surface area (Å²) in [6.45, 7) is 0. The molecule has 2 aromatic carbocycles. The number of tetrazole rings is 1. The van der Waals surface area contributed by atoms with Crippen molar-refractivity contribution < 1.29 is 22.2 Å². The first-order valence-corrected chi connectivity index (χ1v) is 10.9. The minimum absolute atomic E-state index is 0.0123. The molecule has 0 bridgehead atoms. The van der Waals surface area contributed by atoms with E-state index in [9.17, 15) is 22.2 Å². The van der Waals surface area contributed by atoms with Gasteiger partial charge in [-0.15, -0.1) is 0 Å². The van der Waals surface area contributed by atoms with Crippen molar-refractivity contribution in [1.82, 2.24) is 20.2 Å². The molecule has 0 spiro atoms. The van der Waals surface area contributed by atoms with Gasteiger partial charge < -0.3 is 0 Å². The predicted octanol–water partition coefficient (Wildman–Crippen LogP) is 3.59. The standard InChI is InChI=1S/C19H17F3N6O2S/c1-28-18(24-26-27-28)23-17(29)14-9-10-15(19(20,21)22)16-13(14)8-5-11-31(16,30)25-12-6-3-2-4-7-12/h2-4,6-7,9-10H,5,8,11H2,1H3,(H,23,24,27,29). The van der Waals surface area contributed by atoms with Gasteiger partial charge >= 0.3 is 6.18 Å². The number of fused-ring (bicyclic) bond motifs is 1. The molecule has 0 aliphatic carbocycles. The van der Waals surface area contributed by atoms with Crippen molar-refractivity contribution in [2.24, 2.45) is 11.4 Å². The Hall–Kier alpha value is -3.28. The van der Waals surface area contributed by atoms with Crippen LogP contribution in [0.4, 0.5) is 24.8 Å². The van der Waals surface area contributed by atoms with Gasteiger partial charge in [0.2, 0.25) is 5.95 Å². The van der Waals surface area contributed by atoms with Gasteiger partial charge in [0.1, 0.15) is 0 Å². The number of nitrogens with zero attached hydrogens (tertiary/aromatic N) is 5. The van der Waals surface area contributed by atoms with E-state index in [0.29, 0.717) is 12.1 Å². The first kappa shape index (κ1) is 21.0. The van der Waals surface area contributed by atoms with Crippen molar-refractivity contribution in [2.75, 3.05) is 11.1 Å². The van der Waals surface area contributed by atoms with Crippen LogP contribution in [-0.4, -0.2) is 36.1 Å². The number of hydrogen-bond acceptors (Lipinski definition) is 6. The van der Waals surface area contributed by atoms with Crippen LogP contribution in [0.2, 0.25) is 0 Å². The third-order valence-corrected chi connectivity index (χ3v) is 7.28. The number of halogens is 3. The summed E-state index contributed by atoms with van der Waals surface area (Å²) in [6.07, 6.45) is -4.26. The number of nitrogens with one attached hydrogen (secondary N) is 1. The Morgan fingerprint density at radius 2 is 1.94 bits per heavy atom. The number of hydrogen-bond donors (Lipinski definition) is 1. The Balaban J connectivity index is 1.91. The maximum atomic E-state index is 13.9. The molecule has 1 amide bonds. The SMILES string of the molecule is Cn1nnnc1NC(=O)c1ccc(C(F)(F)F)c2c1CCCS2(=O)=Nc1ccccc1. The van der Waals surface area contributed by atoms with Crippen molar-refractivity contribution in [1.29, 1.82) is 0 Å². The highest BCUT2D eigenvalue weighted by atomic mass is 32.2. The van der Waals surface area contributed by atoms with Crippen molar-refractivity contribution >= 4 is 27.3 Å². The van der Waals surface area contributed by atoms with Crippen LogP contribution in [0.15, 0.2) is 51.7 Å². The van der Waals surface area contributed by atoms with E-state index in [4.69, 9.17) is 0 Å². The van der Waals surface area contributed by atoms with E-state index in [1.54, 1.807) is 30.3 Å². The van der Waals surface area contributed by atoms with Crippen LogP contribution < -0.4 is 5.32 Å². The summed E-state index contributed by atoms with van der Waals surface area (Å²) in [5.41, 5.74) is -0.655. The number of carbonyl (C=O) groups excluding carboxylic acids is 1. The van der Waals surface area contributed by atoms with Crippen LogP contribution in [0.25, 0.3) is 0 Å². The van der Waals surface area contributed by atoms with Gasteiger partial charge in [-0.1, -0.05) is 23.3 Å². The summed E-state index contributed by atoms with van der Waals surface area (Å²) in [5.74, 6) is -0.689. The van der Waals surface area contributed by atoms with Gasteiger partial charge in [0.05, 0.1) is 25.9 Å². The van der Waals surface area contributed by atoms with E-state index in [2.05, 4.69) is 25.2 Å². The molecule has 0 saturated heterocycles. The second kappa shape index (κ2) is 7.76. The van der Waals surface area contributed by atoms with E-state index in [0.717, 1.165) is 12.1 Å². The average molecular weight is 450 g/mol. The zero-order chi connectivity index (χ0) is 22.2. The van der Waals surface area contributed by atoms with Crippen LogP contribution in [0.5, 0.6) is 0 Å². The topological polar surface area (TPSA) is 102 Å². The molecule has 1 N–H and O–H groups in total. The maximum absolute atomic E-state index is 13.9. The second-order valence-electron chi connectivity index (χ2n) is 6.92. The number of benzene rings is 2. The Morgan fingerprint density at radius 1 is 1.19 bits per heavy atom. The molecule has 12 heteroatoms. The summed E-state index contributed by atoms with van der Waals surface area (Å²) in [4.78, 5) is 12.4. The molecule has 3 aromatic rings. The predicted molar refractivity (Wildman–Crippen MR) is 106 cm³/mol. The van der Waals surface area contributed by atoms with Crippen LogP contribution in [-0.2, 0) is 29.4 Å². The summed E-state index contributed by atoms with van der Waals surface area (Å²) >= 11 is 0. The second-order valence-corrected chi connectivity index (χ2v) is 9.20. The number of anilines is 1. The van der Waals surface area contributed by atoms with Crippen LogP contribution in [0.3, 0.4) is 0 Å². The van der Waals surface area contributed by atoms with Crippen molar-refractivity contribution in [2.45, 2.75) is 23.9 Å². The lowest BCUT2D eigenvalue weighted by Gasteiger charge is -2.26. The Morgan fingerprint density at radius 3 is 2.58 bits per heavy atom. The van der Waals surface area contributed by atoms with Gasteiger partial charge in [0.15, 0.2) is 0 Å². The average Bonchev–Trinajstić information content (AvgIpc) is 3.11. The van der Waals surface area contributed by atoms with Crippen molar-refractivity contribution in [3.05, 3.63) is 59.2 Å². The fourth-order valence-electron chi connectivity index (χ4n) is 3.48. The van der Waals surface area contributed by atoms with E-state index >= 15 is 0 Å². The first-order valence-electron chi connectivity index (χ1n) is 9.26. The van der Waals surface area contributed by atoms with Crippen LogP contribution in [0, 0.1) is 0 Å². The molecule has 1 unspecified atom stereocenters. The molecular weight excluding hydrogens is 433 g/mol. The molecule has 1 atom stereocenters. The minimum atomic E-state index is -4.75. The zero-order valence-electron chi connectivity index (χ0n) is 16.3. The van der Waals surface area contributed by atoms with E-state index in [1.807, 2.05) is 0 Å². The lowest BCUT2D eigenvalue weighted by molar-refractivity contribution is -0.140. The largest absolute Gasteiger partial charge is 0.417 e. The molecule has 8 nitrogen and oxygen atoms in total. The highest BCUT2D eigenvalue weighted by molar-refractivity contribution is 7.94. The van der Waals surface area contributed by atoms with Gasteiger partial charge in [0, 0.05) is 18.4 Å². The van der Waals surface area contributed by atoms with Crippen LogP contribution in [0.1, 0.15) is 27.9 Å². The Kier molecular flexibility index (Phi) is 5.25. The highest BCUT2D eigenvalue weighted by Gasteiger charge is 2.40. The summed E-state index contributed by atoms with van der Waals surface area (Å²) in [6, 6.07) is 10.1. The van der Waals surface area contributed by atoms with E-state index in [-0.39, 0.29) is 29.2 Å². The van der Waals surface area contributed by atoms with Gasteiger partial charge in [0.25, 0.3) is 5.91 Å². The fraction of sp³-hybridized carbons (Fsp3) is 0.263. The molecule has 2 heterocycles. The number of rotatable bonds is 3. The van der Waals surface area contributed by atoms with Gasteiger partial charge in [-0.3, -0.25) is 10.1 Å². The maximum Gasteiger partial charge on any atom is 0.417 e. The third-order valence-electron chi connectivity index (χ3n) is 4.83. The van der Waals surface area contributed by atoms with Crippen LogP contribution >= 0.6 is 0 Å². The summed E-state index contributed by atoms with van der Waals surface area (Å²) in [5, 5.41) is 13.1. The van der Waals surface area contributed by atoms with Crippen molar-refractivity contribution in [3.63, 3.8) is 0 Å². The molecule has 1 aliphatic heterocycles. The third kappa shape index (κ3) is 4.02. The summed E-state index contributed by atoms with van der Waals surface area (Å²) < 4.78 is 60.8. The first-order chi connectivity index (χ1) is 14.7. The number of aryl methyl sites for hydroxylation is 1. The molecular formula is C19H17F3N6O2S. The molecule has 0 fully saturated rings. The molecule has 31 heavy (non-hydrogen) atoms. The van der Waals surface area contributed by atoms with E-state index < -0.39 is 32.3 Å². The number of amides is 1. The molecule has 4 rings (SSSR count).